The third-order valence-electron chi connectivity index (χ3n) is 4.76. The Morgan fingerprint density at radius 1 is 0.760 bits per heavy atom. The summed E-state index contributed by atoms with van der Waals surface area (Å²) in [6.45, 7) is 0.373. The van der Waals surface area contributed by atoms with Gasteiger partial charge < -0.3 is 10.0 Å². The molecule has 1 amide bonds. The van der Waals surface area contributed by atoms with Crippen LogP contribution in [-0.2, 0) is 18.7 Å². The van der Waals surface area contributed by atoms with E-state index in [2.05, 4.69) is 0 Å². The Kier molecular flexibility index (Phi) is 3.86. The van der Waals surface area contributed by atoms with Gasteiger partial charge in [-0.05, 0) is 17.2 Å². The van der Waals surface area contributed by atoms with Gasteiger partial charge in [0.05, 0.1) is 0 Å². The van der Waals surface area contributed by atoms with Crippen molar-refractivity contribution in [2.24, 2.45) is 0 Å². The van der Waals surface area contributed by atoms with E-state index in [9.17, 15) is 9.90 Å². The van der Waals surface area contributed by atoms with Crippen LogP contribution in [0.5, 0.6) is 0 Å². The van der Waals surface area contributed by atoms with Gasteiger partial charge in [-0.3, -0.25) is 4.79 Å². The van der Waals surface area contributed by atoms with Crippen molar-refractivity contribution in [3.63, 3.8) is 0 Å². The molecule has 1 heterocycles. The lowest BCUT2D eigenvalue weighted by Gasteiger charge is -2.34. The van der Waals surface area contributed by atoms with Crippen LogP contribution in [0.15, 0.2) is 84.9 Å². The SMILES string of the molecule is O=C1c2ccccc2C(O)(Cc2ccccc2)N1Cc1ccccc1. The Labute approximate surface area is 147 Å². The van der Waals surface area contributed by atoms with Crippen LogP contribution in [0.3, 0.4) is 0 Å². The monoisotopic (exact) mass is 329 g/mol. The number of nitrogens with zero attached hydrogens (tertiary/aromatic N) is 1. The Balaban J connectivity index is 1.77. The molecule has 0 saturated heterocycles. The molecular formula is C22H19NO2. The van der Waals surface area contributed by atoms with Gasteiger partial charge in [0.1, 0.15) is 0 Å². The van der Waals surface area contributed by atoms with Crippen molar-refractivity contribution >= 4 is 5.91 Å². The molecule has 0 aromatic heterocycles. The molecule has 3 aromatic rings. The summed E-state index contributed by atoms with van der Waals surface area (Å²) >= 11 is 0. The average molecular weight is 329 g/mol. The standard InChI is InChI=1S/C22H19NO2/c24-21-19-13-7-8-14-20(19)22(25,15-17-9-3-1-4-10-17)23(21)16-18-11-5-2-6-12-18/h1-14,25H,15-16H2. The molecule has 1 aliphatic heterocycles. The number of carbonyl (C=O) groups is 1. The van der Waals surface area contributed by atoms with Crippen molar-refractivity contribution in [3.8, 4) is 0 Å². The van der Waals surface area contributed by atoms with Crippen molar-refractivity contribution in [1.29, 1.82) is 0 Å². The van der Waals surface area contributed by atoms with E-state index in [0.29, 0.717) is 24.1 Å². The molecule has 3 aromatic carbocycles. The molecular weight excluding hydrogens is 310 g/mol. The van der Waals surface area contributed by atoms with Gasteiger partial charge in [0, 0.05) is 24.1 Å². The molecule has 3 heteroatoms. The summed E-state index contributed by atoms with van der Waals surface area (Å²) < 4.78 is 0. The van der Waals surface area contributed by atoms with Crippen LogP contribution in [0.1, 0.15) is 27.0 Å². The van der Waals surface area contributed by atoms with Gasteiger partial charge in [-0.15, -0.1) is 0 Å². The molecule has 0 saturated carbocycles. The highest BCUT2D eigenvalue weighted by atomic mass is 16.3. The summed E-state index contributed by atoms with van der Waals surface area (Å²) in [4.78, 5) is 14.6. The quantitative estimate of drug-likeness (QED) is 0.792. The molecule has 0 bridgehead atoms. The molecule has 3 nitrogen and oxygen atoms in total. The van der Waals surface area contributed by atoms with Crippen LogP contribution < -0.4 is 0 Å². The molecule has 0 aliphatic carbocycles. The summed E-state index contributed by atoms with van der Waals surface area (Å²) in [7, 11) is 0. The molecule has 0 fully saturated rings. The van der Waals surface area contributed by atoms with Gasteiger partial charge in [-0.2, -0.15) is 0 Å². The summed E-state index contributed by atoms with van der Waals surface area (Å²) in [5.41, 5.74) is 1.91. The van der Waals surface area contributed by atoms with E-state index in [1.165, 1.54) is 0 Å². The van der Waals surface area contributed by atoms with Crippen molar-refractivity contribution in [2.75, 3.05) is 0 Å². The smallest absolute Gasteiger partial charge is 0.257 e. The number of hydrogen-bond acceptors (Lipinski definition) is 2. The van der Waals surface area contributed by atoms with E-state index in [1.54, 1.807) is 11.0 Å². The van der Waals surface area contributed by atoms with E-state index in [4.69, 9.17) is 0 Å². The average Bonchev–Trinajstić information content (AvgIpc) is 2.86. The highest BCUT2D eigenvalue weighted by Crippen LogP contribution is 2.40. The zero-order valence-corrected chi connectivity index (χ0v) is 13.8. The normalized spacial score (nSPS) is 19.1. The van der Waals surface area contributed by atoms with Crippen molar-refractivity contribution < 1.29 is 9.90 Å². The molecule has 124 valence electrons. The highest BCUT2D eigenvalue weighted by Gasteiger charge is 2.48. The van der Waals surface area contributed by atoms with Gasteiger partial charge >= 0.3 is 0 Å². The fourth-order valence-corrected chi connectivity index (χ4v) is 3.52. The highest BCUT2D eigenvalue weighted by molar-refractivity contribution is 5.99. The van der Waals surface area contributed by atoms with E-state index in [1.807, 2.05) is 78.9 Å². The molecule has 0 radical (unpaired) electrons. The minimum Gasteiger partial charge on any atom is -0.366 e. The molecule has 1 unspecified atom stereocenters. The maximum Gasteiger partial charge on any atom is 0.257 e. The summed E-state index contributed by atoms with van der Waals surface area (Å²) in [5, 5.41) is 11.6. The first-order chi connectivity index (χ1) is 12.2. The Hall–Kier alpha value is -2.91. The molecule has 1 aliphatic rings. The molecule has 4 rings (SSSR count). The Bertz CT molecular complexity index is 892. The third kappa shape index (κ3) is 2.73. The first-order valence-corrected chi connectivity index (χ1v) is 8.40. The summed E-state index contributed by atoms with van der Waals surface area (Å²) in [5.74, 6) is -0.127. The number of benzene rings is 3. The fourth-order valence-electron chi connectivity index (χ4n) is 3.52. The topological polar surface area (TPSA) is 40.5 Å². The maximum atomic E-state index is 13.0. The number of amides is 1. The third-order valence-corrected chi connectivity index (χ3v) is 4.76. The van der Waals surface area contributed by atoms with E-state index >= 15 is 0 Å². The number of hydrogen-bond donors (Lipinski definition) is 1. The number of fused-ring (bicyclic) bond motifs is 1. The second-order valence-corrected chi connectivity index (χ2v) is 6.40. The zero-order chi connectivity index (χ0) is 17.3. The Morgan fingerprint density at radius 3 is 2.00 bits per heavy atom. The number of aliphatic hydroxyl groups is 1. The van der Waals surface area contributed by atoms with Gasteiger partial charge in [0.25, 0.3) is 5.91 Å². The van der Waals surface area contributed by atoms with Gasteiger partial charge in [-0.25, -0.2) is 0 Å². The number of carbonyl (C=O) groups excluding carboxylic acids is 1. The maximum absolute atomic E-state index is 13.0. The van der Waals surface area contributed by atoms with Crippen molar-refractivity contribution in [2.45, 2.75) is 18.7 Å². The number of rotatable bonds is 4. The van der Waals surface area contributed by atoms with Crippen molar-refractivity contribution in [1.82, 2.24) is 4.90 Å². The fraction of sp³-hybridized carbons (Fsp3) is 0.136. The van der Waals surface area contributed by atoms with Crippen LogP contribution in [0.2, 0.25) is 0 Å². The largest absolute Gasteiger partial charge is 0.366 e. The van der Waals surface area contributed by atoms with Gasteiger partial charge in [-0.1, -0.05) is 78.9 Å². The minimum absolute atomic E-state index is 0.127. The van der Waals surface area contributed by atoms with Crippen LogP contribution in [-0.4, -0.2) is 15.9 Å². The van der Waals surface area contributed by atoms with E-state index < -0.39 is 5.72 Å². The van der Waals surface area contributed by atoms with Gasteiger partial charge in [0.2, 0.25) is 0 Å². The molecule has 25 heavy (non-hydrogen) atoms. The molecule has 0 spiro atoms. The molecule has 1 N–H and O–H groups in total. The lowest BCUT2D eigenvalue weighted by Crippen LogP contribution is -2.45. The minimum atomic E-state index is -1.34. The first-order valence-electron chi connectivity index (χ1n) is 8.40. The van der Waals surface area contributed by atoms with E-state index in [-0.39, 0.29) is 5.91 Å². The van der Waals surface area contributed by atoms with E-state index in [0.717, 1.165) is 11.1 Å². The lowest BCUT2D eigenvalue weighted by molar-refractivity contribution is -0.0878. The van der Waals surface area contributed by atoms with Crippen LogP contribution in [0.25, 0.3) is 0 Å². The second kappa shape index (κ2) is 6.19. The van der Waals surface area contributed by atoms with Crippen LogP contribution in [0.4, 0.5) is 0 Å². The summed E-state index contributed by atoms with van der Waals surface area (Å²) in [6.07, 6.45) is 0.365. The zero-order valence-electron chi connectivity index (χ0n) is 13.8. The first kappa shape index (κ1) is 15.6. The second-order valence-electron chi connectivity index (χ2n) is 6.40. The molecule has 1 atom stereocenters. The van der Waals surface area contributed by atoms with Crippen molar-refractivity contribution in [3.05, 3.63) is 107 Å². The predicted octanol–water partition coefficient (Wildman–Crippen LogP) is 3.73. The lowest BCUT2D eigenvalue weighted by atomic mass is 9.94. The van der Waals surface area contributed by atoms with Crippen LogP contribution in [0, 0.1) is 0 Å². The summed E-state index contributed by atoms with van der Waals surface area (Å²) in [6, 6.07) is 26.9. The Morgan fingerprint density at radius 2 is 1.32 bits per heavy atom. The van der Waals surface area contributed by atoms with Gasteiger partial charge in [0.15, 0.2) is 5.72 Å². The predicted molar refractivity (Wildman–Crippen MR) is 96.8 cm³/mol. The van der Waals surface area contributed by atoms with Crippen LogP contribution >= 0.6 is 0 Å².